The summed E-state index contributed by atoms with van der Waals surface area (Å²) in [5, 5.41) is 8.01. The Balaban J connectivity index is 2.15. The highest BCUT2D eigenvalue weighted by Crippen LogP contribution is 2.19. The molecule has 0 radical (unpaired) electrons. The average Bonchev–Trinajstić information content (AvgIpc) is 2.62. The zero-order chi connectivity index (χ0) is 14.7. The number of para-hydroxylation sites is 1. The van der Waals surface area contributed by atoms with Gasteiger partial charge in [0.2, 0.25) is 0 Å². The highest BCUT2D eigenvalue weighted by Gasteiger charge is 2.10. The maximum absolute atomic E-state index is 4.46. The molecule has 0 aliphatic carbocycles. The van der Waals surface area contributed by atoms with Gasteiger partial charge < -0.3 is 10.2 Å². The van der Waals surface area contributed by atoms with Crippen LogP contribution in [0, 0.1) is 13.8 Å². The van der Waals surface area contributed by atoms with E-state index in [1.165, 1.54) is 22.5 Å². The molecule has 1 heterocycles. The summed E-state index contributed by atoms with van der Waals surface area (Å²) in [5.74, 6) is 0. The minimum Gasteiger partial charge on any atom is -0.381 e. The number of hydrogen-bond donors (Lipinski definition) is 1. The van der Waals surface area contributed by atoms with Crippen molar-refractivity contribution in [3.05, 3.63) is 46.8 Å². The number of aryl methyl sites for hydroxylation is 2. The molecule has 0 saturated carbocycles. The van der Waals surface area contributed by atoms with Crippen LogP contribution in [0.5, 0.6) is 0 Å². The van der Waals surface area contributed by atoms with E-state index in [1.807, 2.05) is 11.7 Å². The zero-order valence-electron chi connectivity index (χ0n) is 13.1. The van der Waals surface area contributed by atoms with Gasteiger partial charge >= 0.3 is 0 Å². The molecule has 0 spiro atoms. The van der Waals surface area contributed by atoms with Gasteiger partial charge in [0.25, 0.3) is 0 Å². The van der Waals surface area contributed by atoms with Crippen LogP contribution in [0.1, 0.15) is 22.5 Å². The molecule has 2 aromatic rings. The number of hydrogen-bond acceptors (Lipinski definition) is 3. The Bertz CT molecular complexity index is 584. The van der Waals surface area contributed by atoms with Gasteiger partial charge in [-0.2, -0.15) is 5.10 Å². The predicted octanol–water partition coefficient (Wildman–Crippen LogP) is 2.71. The van der Waals surface area contributed by atoms with Gasteiger partial charge in [0.1, 0.15) is 0 Å². The molecule has 1 aromatic heterocycles. The molecule has 1 N–H and O–H groups in total. The molecule has 1 aromatic carbocycles. The van der Waals surface area contributed by atoms with Gasteiger partial charge in [-0.05, 0) is 39.6 Å². The van der Waals surface area contributed by atoms with Crippen molar-refractivity contribution in [1.29, 1.82) is 0 Å². The summed E-state index contributed by atoms with van der Waals surface area (Å²) in [7, 11) is 6.17. The van der Waals surface area contributed by atoms with E-state index >= 15 is 0 Å². The van der Waals surface area contributed by atoms with Crippen LogP contribution in [0.15, 0.2) is 24.3 Å². The summed E-state index contributed by atoms with van der Waals surface area (Å²) in [6, 6.07) is 8.47. The van der Waals surface area contributed by atoms with Crippen molar-refractivity contribution in [3.8, 4) is 0 Å². The average molecular weight is 272 g/mol. The molecule has 4 heteroatoms. The van der Waals surface area contributed by atoms with Crippen LogP contribution in [-0.4, -0.2) is 28.8 Å². The fourth-order valence-electron chi connectivity index (χ4n) is 2.43. The van der Waals surface area contributed by atoms with Gasteiger partial charge in [0.15, 0.2) is 0 Å². The predicted molar refractivity (Wildman–Crippen MR) is 83.8 cm³/mol. The fraction of sp³-hybridized carbons (Fsp3) is 0.438. The van der Waals surface area contributed by atoms with Crippen molar-refractivity contribution in [2.24, 2.45) is 7.05 Å². The van der Waals surface area contributed by atoms with Gasteiger partial charge in [-0.15, -0.1) is 0 Å². The first-order chi connectivity index (χ1) is 9.49. The van der Waals surface area contributed by atoms with Crippen molar-refractivity contribution in [3.63, 3.8) is 0 Å². The van der Waals surface area contributed by atoms with Crippen LogP contribution in [0.4, 0.5) is 5.69 Å². The molecule has 0 atom stereocenters. The summed E-state index contributed by atoms with van der Waals surface area (Å²) in [5.41, 5.74) is 6.12. The lowest BCUT2D eigenvalue weighted by atomic mass is 10.1. The maximum Gasteiger partial charge on any atom is 0.0646 e. The summed E-state index contributed by atoms with van der Waals surface area (Å²) < 4.78 is 1.94. The number of nitrogens with zero attached hydrogens (tertiary/aromatic N) is 3. The van der Waals surface area contributed by atoms with Crippen molar-refractivity contribution >= 4 is 5.69 Å². The summed E-state index contributed by atoms with van der Waals surface area (Å²) >= 11 is 0. The Kier molecular flexibility index (Phi) is 4.45. The van der Waals surface area contributed by atoms with Crippen LogP contribution < -0.4 is 5.32 Å². The molecule has 0 aliphatic rings. The lowest BCUT2D eigenvalue weighted by Crippen LogP contribution is -2.13. The number of rotatable bonds is 5. The SMILES string of the molecule is Cc1nn(C)c(C)c1CNc1ccccc1CN(C)C. The van der Waals surface area contributed by atoms with Crippen LogP contribution in [0.2, 0.25) is 0 Å². The standard InChI is InChI=1S/C16H24N4/c1-12-15(13(2)20(5)18-12)10-17-16-9-7-6-8-14(16)11-19(3)4/h6-9,17H,10-11H2,1-5H3. The Hall–Kier alpha value is -1.81. The highest BCUT2D eigenvalue weighted by atomic mass is 15.3. The first kappa shape index (κ1) is 14.6. The maximum atomic E-state index is 4.46. The normalized spacial score (nSPS) is 11.1. The van der Waals surface area contributed by atoms with E-state index < -0.39 is 0 Å². The minimum atomic E-state index is 0.815. The molecule has 4 nitrogen and oxygen atoms in total. The van der Waals surface area contributed by atoms with Crippen LogP contribution in [0.25, 0.3) is 0 Å². The number of nitrogens with one attached hydrogen (secondary N) is 1. The van der Waals surface area contributed by atoms with Crippen molar-refractivity contribution in [2.75, 3.05) is 19.4 Å². The van der Waals surface area contributed by atoms with E-state index in [9.17, 15) is 0 Å². The Morgan fingerprint density at radius 3 is 2.50 bits per heavy atom. The van der Waals surface area contributed by atoms with E-state index in [2.05, 4.69) is 67.5 Å². The van der Waals surface area contributed by atoms with E-state index in [0.717, 1.165) is 18.8 Å². The Labute approximate surface area is 121 Å². The summed E-state index contributed by atoms with van der Waals surface area (Å²) in [4.78, 5) is 2.18. The van der Waals surface area contributed by atoms with Gasteiger partial charge in [0.05, 0.1) is 5.69 Å². The topological polar surface area (TPSA) is 33.1 Å². The van der Waals surface area contributed by atoms with Crippen molar-refractivity contribution < 1.29 is 0 Å². The summed E-state index contributed by atoms with van der Waals surface area (Å²) in [6.07, 6.45) is 0. The molecular formula is C16H24N4. The molecule has 0 fully saturated rings. The quantitative estimate of drug-likeness (QED) is 0.908. The third-order valence-corrected chi connectivity index (χ3v) is 3.62. The Morgan fingerprint density at radius 2 is 1.90 bits per heavy atom. The van der Waals surface area contributed by atoms with Crippen LogP contribution in [0.3, 0.4) is 0 Å². The van der Waals surface area contributed by atoms with Gasteiger partial charge in [-0.25, -0.2) is 0 Å². The third kappa shape index (κ3) is 3.20. The van der Waals surface area contributed by atoms with Gasteiger partial charge in [-0.3, -0.25) is 4.68 Å². The van der Waals surface area contributed by atoms with E-state index in [4.69, 9.17) is 0 Å². The second-order valence-electron chi connectivity index (χ2n) is 5.52. The van der Waals surface area contributed by atoms with Crippen molar-refractivity contribution in [2.45, 2.75) is 26.9 Å². The minimum absolute atomic E-state index is 0.815. The largest absolute Gasteiger partial charge is 0.381 e. The Morgan fingerprint density at radius 1 is 1.20 bits per heavy atom. The van der Waals surface area contributed by atoms with E-state index in [-0.39, 0.29) is 0 Å². The molecule has 0 bridgehead atoms. The summed E-state index contributed by atoms with van der Waals surface area (Å²) in [6.45, 7) is 5.93. The zero-order valence-corrected chi connectivity index (χ0v) is 13.1. The van der Waals surface area contributed by atoms with Crippen LogP contribution in [-0.2, 0) is 20.1 Å². The van der Waals surface area contributed by atoms with Gasteiger partial charge in [0, 0.05) is 37.1 Å². The molecule has 0 amide bonds. The van der Waals surface area contributed by atoms with Gasteiger partial charge in [-0.1, -0.05) is 18.2 Å². The first-order valence-electron chi connectivity index (χ1n) is 6.94. The fourth-order valence-corrected chi connectivity index (χ4v) is 2.43. The smallest absolute Gasteiger partial charge is 0.0646 e. The monoisotopic (exact) mass is 272 g/mol. The lowest BCUT2D eigenvalue weighted by molar-refractivity contribution is 0.403. The van der Waals surface area contributed by atoms with E-state index in [0.29, 0.717) is 0 Å². The second kappa shape index (κ2) is 6.09. The van der Waals surface area contributed by atoms with E-state index in [1.54, 1.807) is 0 Å². The third-order valence-electron chi connectivity index (χ3n) is 3.62. The lowest BCUT2D eigenvalue weighted by Gasteiger charge is -2.15. The van der Waals surface area contributed by atoms with Crippen LogP contribution >= 0.6 is 0 Å². The molecule has 0 saturated heterocycles. The van der Waals surface area contributed by atoms with Crippen molar-refractivity contribution in [1.82, 2.24) is 14.7 Å². The molecule has 108 valence electrons. The number of aromatic nitrogens is 2. The molecular weight excluding hydrogens is 248 g/mol. The molecule has 0 aliphatic heterocycles. The highest BCUT2D eigenvalue weighted by molar-refractivity contribution is 5.51. The molecule has 20 heavy (non-hydrogen) atoms. The first-order valence-corrected chi connectivity index (χ1v) is 6.94. The number of benzene rings is 1. The number of anilines is 1. The second-order valence-corrected chi connectivity index (χ2v) is 5.52. The molecule has 2 rings (SSSR count). The molecule has 0 unspecified atom stereocenters.